The molecule has 27 heavy (non-hydrogen) atoms. The lowest BCUT2D eigenvalue weighted by atomic mass is 9.97. The maximum Gasteiger partial charge on any atom is 0.224 e. The average Bonchev–Trinajstić information content (AvgIpc) is 2.69. The van der Waals surface area contributed by atoms with Crippen molar-refractivity contribution in [3.63, 3.8) is 0 Å². The number of methoxy groups -OCH3 is 1. The van der Waals surface area contributed by atoms with Crippen LogP contribution in [-0.2, 0) is 17.8 Å². The predicted molar refractivity (Wildman–Crippen MR) is 109 cm³/mol. The minimum absolute atomic E-state index is 0.0937. The van der Waals surface area contributed by atoms with Crippen LogP contribution in [0.3, 0.4) is 0 Å². The maximum absolute atomic E-state index is 12.3. The summed E-state index contributed by atoms with van der Waals surface area (Å²) in [5, 5.41) is 3.13. The highest BCUT2D eigenvalue weighted by Crippen LogP contribution is 2.19. The average molecular weight is 367 g/mol. The van der Waals surface area contributed by atoms with E-state index in [9.17, 15) is 4.79 Å². The van der Waals surface area contributed by atoms with Crippen LogP contribution in [-0.4, -0.2) is 37.6 Å². The van der Waals surface area contributed by atoms with Crippen molar-refractivity contribution in [2.45, 2.75) is 32.7 Å². The Kier molecular flexibility index (Phi) is 6.88. The van der Waals surface area contributed by atoms with E-state index in [1.165, 1.54) is 24.0 Å². The molecule has 2 aromatic rings. The van der Waals surface area contributed by atoms with Crippen LogP contribution in [0.25, 0.3) is 0 Å². The second kappa shape index (κ2) is 9.56. The molecule has 0 unspecified atom stereocenters. The Morgan fingerprint density at radius 2 is 1.96 bits per heavy atom. The summed E-state index contributed by atoms with van der Waals surface area (Å²) < 4.78 is 5.16. The van der Waals surface area contributed by atoms with Crippen molar-refractivity contribution < 1.29 is 9.53 Å². The van der Waals surface area contributed by atoms with E-state index in [2.05, 4.69) is 41.4 Å². The van der Waals surface area contributed by atoms with E-state index in [0.29, 0.717) is 12.3 Å². The maximum atomic E-state index is 12.3. The molecule has 1 amide bonds. The number of hydrogen-bond donors (Lipinski definition) is 1. The van der Waals surface area contributed by atoms with Gasteiger partial charge in [0.1, 0.15) is 5.75 Å². The van der Waals surface area contributed by atoms with E-state index < -0.39 is 0 Å². The Balaban J connectivity index is 1.44. The van der Waals surface area contributed by atoms with Crippen LogP contribution in [0.15, 0.2) is 48.5 Å². The molecule has 0 radical (unpaired) electrons. The number of hydrogen-bond acceptors (Lipinski definition) is 3. The topological polar surface area (TPSA) is 41.6 Å². The first-order valence-electron chi connectivity index (χ1n) is 9.80. The number of benzene rings is 2. The SMILES string of the molecule is COc1ccc(CC(=O)NC[C@H]2CCCN(Cc3ccccc3C)C2)cc1. The fourth-order valence-corrected chi connectivity index (χ4v) is 3.74. The minimum atomic E-state index is 0.0937. The summed E-state index contributed by atoms with van der Waals surface area (Å²) in [6.07, 6.45) is 2.81. The highest BCUT2D eigenvalue weighted by atomic mass is 16.5. The molecule has 1 heterocycles. The molecule has 3 rings (SSSR count). The van der Waals surface area contributed by atoms with Crippen molar-refractivity contribution in [1.29, 1.82) is 0 Å². The number of likely N-dealkylation sites (tertiary alicyclic amines) is 1. The molecule has 1 fully saturated rings. The number of amides is 1. The van der Waals surface area contributed by atoms with Gasteiger partial charge in [0.15, 0.2) is 0 Å². The smallest absolute Gasteiger partial charge is 0.224 e. The summed E-state index contributed by atoms with van der Waals surface area (Å²) in [7, 11) is 1.65. The quantitative estimate of drug-likeness (QED) is 0.814. The summed E-state index contributed by atoms with van der Waals surface area (Å²) in [4.78, 5) is 14.8. The zero-order valence-corrected chi connectivity index (χ0v) is 16.4. The fraction of sp³-hybridized carbons (Fsp3) is 0.435. The number of nitrogens with zero attached hydrogens (tertiary/aromatic N) is 1. The molecule has 1 aliphatic rings. The van der Waals surface area contributed by atoms with Crippen LogP contribution in [0, 0.1) is 12.8 Å². The third-order valence-electron chi connectivity index (χ3n) is 5.37. The predicted octanol–water partition coefficient (Wildman–Crippen LogP) is 3.57. The Morgan fingerprint density at radius 1 is 1.19 bits per heavy atom. The van der Waals surface area contributed by atoms with Crippen molar-refractivity contribution in [2.24, 2.45) is 5.92 Å². The van der Waals surface area contributed by atoms with Crippen molar-refractivity contribution in [3.05, 3.63) is 65.2 Å². The second-order valence-electron chi connectivity index (χ2n) is 7.50. The van der Waals surface area contributed by atoms with Gasteiger partial charge >= 0.3 is 0 Å². The molecule has 0 aromatic heterocycles. The van der Waals surface area contributed by atoms with Gasteiger partial charge in [-0.3, -0.25) is 9.69 Å². The van der Waals surface area contributed by atoms with Crippen LogP contribution in [0.5, 0.6) is 5.75 Å². The third-order valence-corrected chi connectivity index (χ3v) is 5.37. The van der Waals surface area contributed by atoms with Crippen molar-refractivity contribution in [3.8, 4) is 5.75 Å². The third kappa shape index (κ3) is 5.83. The van der Waals surface area contributed by atoms with E-state index in [0.717, 1.165) is 37.5 Å². The van der Waals surface area contributed by atoms with Gasteiger partial charge in [-0.25, -0.2) is 0 Å². The van der Waals surface area contributed by atoms with Crippen LogP contribution < -0.4 is 10.1 Å². The Hall–Kier alpha value is -2.33. The zero-order valence-electron chi connectivity index (χ0n) is 16.4. The van der Waals surface area contributed by atoms with E-state index in [-0.39, 0.29) is 5.91 Å². The molecule has 0 aliphatic carbocycles. The van der Waals surface area contributed by atoms with E-state index in [1.54, 1.807) is 7.11 Å². The summed E-state index contributed by atoms with van der Waals surface area (Å²) in [5.74, 6) is 1.44. The highest BCUT2D eigenvalue weighted by Gasteiger charge is 2.20. The van der Waals surface area contributed by atoms with Crippen molar-refractivity contribution in [2.75, 3.05) is 26.7 Å². The summed E-state index contributed by atoms with van der Waals surface area (Å²) in [6.45, 7) is 6.14. The van der Waals surface area contributed by atoms with Gasteiger partial charge in [-0.15, -0.1) is 0 Å². The molecule has 0 saturated carbocycles. The van der Waals surface area contributed by atoms with Gasteiger partial charge in [-0.1, -0.05) is 36.4 Å². The Bertz CT molecular complexity index is 742. The Morgan fingerprint density at radius 3 is 2.70 bits per heavy atom. The van der Waals surface area contributed by atoms with Gasteiger partial charge in [-0.2, -0.15) is 0 Å². The Labute approximate surface area is 162 Å². The first kappa shape index (κ1) is 19.4. The molecular weight excluding hydrogens is 336 g/mol. The van der Waals surface area contributed by atoms with Gasteiger partial charge < -0.3 is 10.1 Å². The van der Waals surface area contributed by atoms with Crippen molar-refractivity contribution in [1.82, 2.24) is 10.2 Å². The lowest BCUT2D eigenvalue weighted by Gasteiger charge is -2.33. The molecule has 1 saturated heterocycles. The standard InChI is InChI=1S/C23H30N2O2/c1-18-6-3-4-8-21(18)17-25-13-5-7-20(16-25)15-24-23(26)14-19-9-11-22(27-2)12-10-19/h3-4,6,8-12,20H,5,7,13-17H2,1-2H3,(H,24,26)/t20-/m1/s1. The van der Waals surface area contributed by atoms with E-state index in [4.69, 9.17) is 4.74 Å². The summed E-state index contributed by atoms with van der Waals surface area (Å²) >= 11 is 0. The molecule has 1 N–H and O–H groups in total. The monoisotopic (exact) mass is 366 g/mol. The number of nitrogens with one attached hydrogen (secondary N) is 1. The first-order valence-corrected chi connectivity index (χ1v) is 9.80. The molecule has 0 bridgehead atoms. The molecule has 4 heteroatoms. The zero-order chi connectivity index (χ0) is 19.1. The van der Waals surface area contributed by atoms with Gasteiger partial charge in [0.25, 0.3) is 0 Å². The molecule has 1 aliphatic heterocycles. The van der Waals surface area contributed by atoms with Gasteiger partial charge in [0.05, 0.1) is 13.5 Å². The molecule has 4 nitrogen and oxygen atoms in total. The second-order valence-corrected chi connectivity index (χ2v) is 7.50. The number of piperidine rings is 1. The molecule has 0 spiro atoms. The van der Waals surface area contributed by atoms with Gasteiger partial charge in [0.2, 0.25) is 5.91 Å². The lowest BCUT2D eigenvalue weighted by Crippen LogP contribution is -2.41. The molecular formula is C23H30N2O2. The van der Waals surface area contributed by atoms with Crippen LogP contribution >= 0.6 is 0 Å². The fourth-order valence-electron chi connectivity index (χ4n) is 3.74. The largest absolute Gasteiger partial charge is 0.497 e. The highest BCUT2D eigenvalue weighted by molar-refractivity contribution is 5.78. The van der Waals surface area contributed by atoms with Crippen LogP contribution in [0.1, 0.15) is 29.5 Å². The molecule has 144 valence electrons. The lowest BCUT2D eigenvalue weighted by molar-refractivity contribution is -0.120. The van der Waals surface area contributed by atoms with Gasteiger partial charge in [-0.05, 0) is 61.1 Å². The number of ether oxygens (including phenoxy) is 1. The summed E-state index contributed by atoms with van der Waals surface area (Å²) in [6, 6.07) is 16.3. The number of aryl methyl sites for hydroxylation is 1. The normalized spacial score (nSPS) is 17.5. The van der Waals surface area contributed by atoms with Crippen molar-refractivity contribution >= 4 is 5.91 Å². The molecule has 2 aromatic carbocycles. The van der Waals surface area contributed by atoms with Crippen LogP contribution in [0.4, 0.5) is 0 Å². The summed E-state index contributed by atoms with van der Waals surface area (Å²) in [5.41, 5.74) is 3.77. The van der Waals surface area contributed by atoms with E-state index >= 15 is 0 Å². The minimum Gasteiger partial charge on any atom is -0.497 e. The number of carbonyl (C=O) groups excluding carboxylic acids is 1. The van der Waals surface area contributed by atoms with Crippen LogP contribution in [0.2, 0.25) is 0 Å². The first-order chi connectivity index (χ1) is 13.1. The van der Waals surface area contributed by atoms with Gasteiger partial charge in [0, 0.05) is 19.6 Å². The molecule has 1 atom stereocenters. The number of rotatable bonds is 7. The number of carbonyl (C=O) groups is 1. The van der Waals surface area contributed by atoms with E-state index in [1.807, 2.05) is 24.3 Å².